The molecular formula is C16H26FNO3. The molecule has 0 bridgehead atoms. The van der Waals surface area contributed by atoms with E-state index in [-0.39, 0.29) is 11.6 Å². The summed E-state index contributed by atoms with van der Waals surface area (Å²) in [4.78, 5) is 0. The molecule has 0 unspecified atom stereocenters. The van der Waals surface area contributed by atoms with Gasteiger partial charge in [-0.05, 0) is 24.1 Å². The van der Waals surface area contributed by atoms with Crippen molar-refractivity contribution in [2.24, 2.45) is 0 Å². The molecule has 5 heteroatoms. The van der Waals surface area contributed by atoms with E-state index in [0.717, 1.165) is 31.6 Å². The summed E-state index contributed by atoms with van der Waals surface area (Å²) in [6.45, 7) is 5.69. The molecule has 0 amide bonds. The zero-order valence-corrected chi connectivity index (χ0v) is 13.0. The summed E-state index contributed by atoms with van der Waals surface area (Å²) in [6, 6.07) is 5.01. The Hall–Kier alpha value is -1.17. The lowest BCUT2D eigenvalue weighted by atomic mass is 10.2. The van der Waals surface area contributed by atoms with E-state index in [2.05, 4.69) is 12.2 Å². The molecule has 0 saturated heterocycles. The molecule has 21 heavy (non-hydrogen) atoms. The Morgan fingerprint density at radius 2 is 2.00 bits per heavy atom. The van der Waals surface area contributed by atoms with Crippen molar-refractivity contribution in [1.29, 1.82) is 0 Å². The van der Waals surface area contributed by atoms with Gasteiger partial charge in [0.25, 0.3) is 0 Å². The van der Waals surface area contributed by atoms with Crippen LogP contribution >= 0.6 is 0 Å². The number of halogens is 1. The van der Waals surface area contributed by atoms with Gasteiger partial charge in [-0.1, -0.05) is 19.4 Å². The van der Waals surface area contributed by atoms with E-state index in [1.165, 1.54) is 6.07 Å². The van der Waals surface area contributed by atoms with Crippen LogP contribution in [0.2, 0.25) is 0 Å². The third-order valence-corrected chi connectivity index (χ3v) is 2.94. The molecule has 1 aromatic carbocycles. The maximum atomic E-state index is 13.8. The molecule has 1 aromatic rings. The van der Waals surface area contributed by atoms with Crippen LogP contribution in [-0.4, -0.2) is 40.1 Å². The fourth-order valence-corrected chi connectivity index (χ4v) is 1.74. The van der Waals surface area contributed by atoms with Gasteiger partial charge >= 0.3 is 0 Å². The summed E-state index contributed by atoms with van der Waals surface area (Å²) in [5, 5.41) is 3.17. The lowest BCUT2D eigenvalue weighted by Gasteiger charge is -2.10. The number of nitrogens with one attached hydrogen (secondary N) is 1. The highest BCUT2D eigenvalue weighted by Crippen LogP contribution is 2.18. The molecule has 0 aliphatic carbocycles. The zero-order valence-electron chi connectivity index (χ0n) is 13.0. The molecule has 0 aromatic heterocycles. The lowest BCUT2D eigenvalue weighted by Crippen LogP contribution is -2.18. The van der Waals surface area contributed by atoms with Gasteiger partial charge in [0.15, 0.2) is 11.6 Å². The van der Waals surface area contributed by atoms with Crippen LogP contribution in [0.25, 0.3) is 0 Å². The first-order chi connectivity index (χ1) is 10.3. The standard InChI is InChI=1S/C16H26FNO3/c1-3-4-8-20-10-11-21-16-6-5-14(12-15(16)17)13-18-7-9-19-2/h5-6,12,18H,3-4,7-11,13H2,1-2H3. The number of hydrogen-bond donors (Lipinski definition) is 1. The van der Waals surface area contributed by atoms with Crippen LogP contribution in [0.4, 0.5) is 4.39 Å². The SMILES string of the molecule is CCCCOCCOc1ccc(CNCCOC)cc1F. The van der Waals surface area contributed by atoms with Crippen molar-refractivity contribution in [2.45, 2.75) is 26.3 Å². The van der Waals surface area contributed by atoms with Crippen molar-refractivity contribution in [1.82, 2.24) is 5.32 Å². The van der Waals surface area contributed by atoms with Crippen LogP contribution in [0.5, 0.6) is 5.75 Å². The number of benzene rings is 1. The second kappa shape index (κ2) is 11.5. The van der Waals surface area contributed by atoms with Gasteiger partial charge < -0.3 is 19.5 Å². The molecule has 120 valence electrons. The summed E-state index contributed by atoms with van der Waals surface area (Å²) in [5.74, 6) is -0.0654. The van der Waals surface area contributed by atoms with Crippen LogP contribution in [0.1, 0.15) is 25.3 Å². The van der Waals surface area contributed by atoms with Crippen molar-refractivity contribution in [3.8, 4) is 5.75 Å². The Labute approximate surface area is 126 Å². The summed E-state index contributed by atoms with van der Waals surface area (Å²) in [7, 11) is 1.65. The van der Waals surface area contributed by atoms with Crippen molar-refractivity contribution in [3.05, 3.63) is 29.6 Å². The molecule has 0 aliphatic rings. The van der Waals surface area contributed by atoms with Crippen LogP contribution < -0.4 is 10.1 Å². The monoisotopic (exact) mass is 299 g/mol. The van der Waals surface area contributed by atoms with E-state index < -0.39 is 0 Å². The molecule has 0 atom stereocenters. The van der Waals surface area contributed by atoms with Gasteiger partial charge in [0.05, 0.1) is 13.2 Å². The maximum absolute atomic E-state index is 13.8. The lowest BCUT2D eigenvalue weighted by molar-refractivity contribution is 0.0967. The van der Waals surface area contributed by atoms with Crippen LogP contribution in [0.3, 0.4) is 0 Å². The van der Waals surface area contributed by atoms with Crippen LogP contribution in [0, 0.1) is 5.82 Å². The van der Waals surface area contributed by atoms with Gasteiger partial charge in [-0.2, -0.15) is 0 Å². The minimum atomic E-state index is -0.338. The summed E-state index contributed by atoms with van der Waals surface area (Å²) >= 11 is 0. The van der Waals surface area contributed by atoms with Gasteiger partial charge in [0.1, 0.15) is 6.61 Å². The van der Waals surface area contributed by atoms with E-state index in [9.17, 15) is 4.39 Å². The number of ether oxygens (including phenoxy) is 3. The number of unbranched alkanes of at least 4 members (excludes halogenated alkanes) is 1. The fourth-order valence-electron chi connectivity index (χ4n) is 1.74. The minimum absolute atomic E-state index is 0.273. The number of hydrogen-bond acceptors (Lipinski definition) is 4. The predicted octanol–water partition coefficient (Wildman–Crippen LogP) is 2.76. The Bertz CT molecular complexity index is 388. The summed E-state index contributed by atoms with van der Waals surface area (Å²) in [5.41, 5.74) is 0.884. The maximum Gasteiger partial charge on any atom is 0.165 e. The Balaban J connectivity index is 2.26. The summed E-state index contributed by atoms with van der Waals surface area (Å²) < 4.78 is 29.5. The smallest absolute Gasteiger partial charge is 0.165 e. The molecule has 0 aliphatic heterocycles. The van der Waals surface area contributed by atoms with Crippen molar-refractivity contribution >= 4 is 0 Å². The Morgan fingerprint density at radius 1 is 1.14 bits per heavy atom. The third-order valence-electron chi connectivity index (χ3n) is 2.94. The molecule has 1 N–H and O–H groups in total. The van der Waals surface area contributed by atoms with E-state index in [0.29, 0.717) is 26.4 Å². The van der Waals surface area contributed by atoms with E-state index >= 15 is 0 Å². The van der Waals surface area contributed by atoms with Crippen LogP contribution in [0.15, 0.2) is 18.2 Å². The van der Waals surface area contributed by atoms with Gasteiger partial charge in [-0.15, -0.1) is 0 Å². The molecule has 0 radical (unpaired) electrons. The van der Waals surface area contributed by atoms with Crippen molar-refractivity contribution < 1.29 is 18.6 Å². The zero-order chi connectivity index (χ0) is 15.3. The number of methoxy groups -OCH3 is 1. The largest absolute Gasteiger partial charge is 0.488 e. The van der Waals surface area contributed by atoms with Crippen molar-refractivity contribution in [2.75, 3.05) is 40.1 Å². The number of rotatable bonds is 12. The average molecular weight is 299 g/mol. The van der Waals surface area contributed by atoms with Gasteiger partial charge in [0, 0.05) is 26.8 Å². The average Bonchev–Trinajstić information content (AvgIpc) is 2.49. The second-order valence-corrected chi connectivity index (χ2v) is 4.75. The molecule has 0 saturated carbocycles. The Morgan fingerprint density at radius 3 is 2.71 bits per heavy atom. The predicted molar refractivity (Wildman–Crippen MR) is 81.2 cm³/mol. The van der Waals surface area contributed by atoms with Gasteiger partial charge in [0.2, 0.25) is 0 Å². The topological polar surface area (TPSA) is 39.7 Å². The molecule has 0 spiro atoms. The van der Waals surface area contributed by atoms with E-state index in [1.807, 2.05) is 6.07 Å². The van der Waals surface area contributed by atoms with E-state index in [1.54, 1.807) is 13.2 Å². The van der Waals surface area contributed by atoms with Crippen LogP contribution in [-0.2, 0) is 16.0 Å². The quantitative estimate of drug-likeness (QED) is 0.602. The Kier molecular flexibility index (Phi) is 9.78. The first-order valence-corrected chi connectivity index (χ1v) is 7.46. The molecule has 0 fully saturated rings. The first-order valence-electron chi connectivity index (χ1n) is 7.46. The highest BCUT2D eigenvalue weighted by molar-refractivity contribution is 5.29. The molecule has 0 heterocycles. The second-order valence-electron chi connectivity index (χ2n) is 4.75. The molecule has 4 nitrogen and oxygen atoms in total. The summed E-state index contributed by atoms with van der Waals surface area (Å²) in [6.07, 6.45) is 2.15. The molecule has 1 rings (SSSR count). The molecular weight excluding hydrogens is 273 g/mol. The van der Waals surface area contributed by atoms with Crippen molar-refractivity contribution in [3.63, 3.8) is 0 Å². The third kappa shape index (κ3) is 7.99. The highest BCUT2D eigenvalue weighted by atomic mass is 19.1. The van der Waals surface area contributed by atoms with E-state index in [4.69, 9.17) is 14.2 Å². The first kappa shape index (κ1) is 17.9. The van der Waals surface area contributed by atoms with Gasteiger partial charge in [-0.25, -0.2) is 4.39 Å². The minimum Gasteiger partial charge on any atom is -0.488 e. The van der Waals surface area contributed by atoms with Gasteiger partial charge in [-0.3, -0.25) is 0 Å². The highest BCUT2D eigenvalue weighted by Gasteiger charge is 2.04. The fraction of sp³-hybridized carbons (Fsp3) is 0.625. The normalized spacial score (nSPS) is 10.8.